The largest absolute Gasteiger partial charge is 0.375 e. The van der Waals surface area contributed by atoms with Crippen LogP contribution >= 0.6 is 0 Å². The van der Waals surface area contributed by atoms with Crippen LogP contribution in [0.2, 0.25) is 0 Å². The van der Waals surface area contributed by atoms with E-state index >= 15 is 0 Å². The van der Waals surface area contributed by atoms with Crippen molar-refractivity contribution in [3.05, 3.63) is 0 Å². The first kappa shape index (κ1) is 16.5. The third-order valence-electron chi connectivity index (χ3n) is 3.86. The minimum atomic E-state index is -0.492. The van der Waals surface area contributed by atoms with E-state index in [1.807, 2.05) is 6.92 Å². The van der Waals surface area contributed by atoms with Crippen LogP contribution in [0.25, 0.3) is 0 Å². The number of nitrogens with zero attached hydrogens (tertiary/aromatic N) is 1. The molecule has 1 aliphatic carbocycles. The van der Waals surface area contributed by atoms with Gasteiger partial charge in [0.05, 0.1) is 18.3 Å². The quantitative estimate of drug-likeness (QED) is 0.798. The summed E-state index contributed by atoms with van der Waals surface area (Å²) < 4.78 is 6.15. The van der Waals surface area contributed by atoms with E-state index < -0.39 is 5.54 Å². The van der Waals surface area contributed by atoms with Crippen LogP contribution in [0.15, 0.2) is 0 Å². The van der Waals surface area contributed by atoms with Crippen LogP contribution in [0.1, 0.15) is 66.7 Å². The van der Waals surface area contributed by atoms with Gasteiger partial charge in [-0.25, -0.2) is 0 Å². The number of rotatable bonds is 6. The number of hydrogen-bond acceptors (Lipinski definition) is 3. The van der Waals surface area contributed by atoms with Crippen LogP contribution in [-0.2, 0) is 4.74 Å². The summed E-state index contributed by atoms with van der Waals surface area (Å²) in [5.74, 6) is 0.780. The van der Waals surface area contributed by atoms with E-state index in [9.17, 15) is 5.26 Å². The first-order chi connectivity index (χ1) is 8.84. The molecule has 19 heavy (non-hydrogen) atoms. The van der Waals surface area contributed by atoms with Crippen molar-refractivity contribution in [1.82, 2.24) is 5.32 Å². The molecule has 0 heterocycles. The summed E-state index contributed by atoms with van der Waals surface area (Å²) >= 11 is 0. The van der Waals surface area contributed by atoms with E-state index in [1.165, 1.54) is 25.7 Å². The SMILES string of the molecule is CC1CCCC(OC(C)CC(C)(C#N)NC(C)C)C1. The van der Waals surface area contributed by atoms with Gasteiger partial charge in [0.1, 0.15) is 5.54 Å². The molecule has 0 aromatic rings. The van der Waals surface area contributed by atoms with Crippen LogP contribution < -0.4 is 5.32 Å². The molecule has 0 aromatic carbocycles. The fraction of sp³-hybridized carbons (Fsp3) is 0.938. The molecule has 0 amide bonds. The topological polar surface area (TPSA) is 45.0 Å². The summed E-state index contributed by atoms with van der Waals surface area (Å²) in [6.07, 6.45) is 6.22. The predicted octanol–water partition coefficient (Wildman–Crippen LogP) is 3.64. The maximum absolute atomic E-state index is 9.36. The summed E-state index contributed by atoms with van der Waals surface area (Å²) in [4.78, 5) is 0. The first-order valence-electron chi connectivity index (χ1n) is 7.69. The lowest BCUT2D eigenvalue weighted by Crippen LogP contribution is -2.47. The van der Waals surface area contributed by atoms with Crippen molar-refractivity contribution in [2.24, 2.45) is 5.92 Å². The highest BCUT2D eigenvalue weighted by Crippen LogP contribution is 2.27. The predicted molar refractivity (Wildman–Crippen MR) is 78.9 cm³/mol. The van der Waals surface area contributed by atoms with Gasteiger partial charge in [-0.15, -0.1) is 0 Å². The van der Waals surface area contributed by atoms with Gasteiger partial charge in [0.15, 0.2) is 0 Å². The molecule has 4 unspecified atom stereocenters. The van der Waals surface area contributed by atoms with Crippen molar-refractivity contribution < 1.29 is 4.74 Å². The van der Waals surface area contributed by atoms with Crippen molar-refractivity contribution in [3.63, 3.8) is 0 Å². The Bertz CT molecular complexity index is 310. The Morgan fingerprint density at radius 2 is 2.05 bits per heavy atom. The lowest BCUT2D eigenvalue weighted by Gasteiger charge is -2.33. The van der Waals surface area contributed by atoms with E-state index in [1.54, 1.807) is 0 Å². The van der Waals surface area contributed by atoms with Crippen molar-refractivity contribution in [1.29, 1.82) is 5.26 Å². The van der Waals surface area contributed by atoms with Gasteiger partial charge in [-0.2, -0.15) is 5.26 Å². The van der Waals surface area contributed by atoms with E-state index in [2.05, 4.69) is 39.1 Å². The zero-order valence-electron chi connectivity index (χ0n) is 13.2. The van der Waals surface area contributed by atoms with Gasteiger partial charge in [-0.05, 0) is 46.5 Å². The van der Waals surface area contributed by atoms with Gasteiger partial charge >= 0.3 is 0 Å². The van der Waals surface area contributed by atoms with Crippen molar-refractivity contribution in [3.8, 4) is 6.07 Å². The fourth-order valence-corrected chi connectivity index (χ4v) is 3.23. The zero-order chi connectivity index (χ0) is 14.5. The molecule has 0 radical (unpaired) electrons. The van der Waals surface area contributed by atoms with Crippen LogP contribution in [0.4, 0.5) is 0 Å². The Labute approximate surface area is 118 Å². The third-order valence-corrected chi connectivity index (χ3v) is 3.86. The summed E-state index contributed by atoms with van der Waals surface area (Å²) in [7, 11) is 0. The van der Waals surface area contributed by atoms with Crippen LogP contribution in [0, 0.1) is 17.2 Å². The smallest absolute Gasteiger partial charge is 0.106 e. The summed E-state index contributed by atoms with van der Waals surface area (Å²) in [6.45, 7) is 10.5. The first-order valence-corrected chi connectivity index (χ1v) is 7.69. The van der Waals surface area contributed by atoms with E-state index in [0.29, 0.717) is 12.1 Å². The number of ether oxygens (including phenoxy) is 1. The van der Waals surface area contributed by atoms with Gasteiger partial charge in [-0.3, -0.25) is 5.32 Å². The highest BCUT2D eigenvalue weighted by molar-refractivity contribution is 5.05. The number of hydrogen-bond donors (Lipinski definition) is 1. The average molecular weight is 266 g/mol. The Hall–Kier alpha value is -0.590. The second-order valence-electron chi connectivity index (χ2n) is 6.79. The highest BCUT2D eigenvalue weighted by atomic mass is 16.5. The Balaban J connectivity index is 2.44. The number of nitrogens with one attached hydrogen (secondary N) is 1. The molecule has 3 nitrogen and oxygen atoms in total. The molecule has 0 saturated heterocycles. The van der Waals surface area contributed by atoms with Gasteiger partial charge in [0, 0.05) is 12.5 Å². The molecular weight excluding hydrogens is 236 g/mol. The normalized spacial score (nSPS) is 28.7. The zero-order valence-corrected chi connectivity index (χ0v) is 13.2. The Morgan fingerprint density at radius 1 is 1.37 bits per heavy atom. The fourth-order valence-electron chi connectivity index (χ4n) is 3.23. The molecule has 3 heteroatoms. The molecule has 0 aromatic heterocycles. The molecule has 4 atom stereocenters. The van der Waals surface area contributed by atoms with Crippen LogP contribution in [-0.4, -0.2) is 23.8 Å². The second-order valence-corrected chi connectivity index (χ2v) is 6.79. The molecule has 0 bridgehead atoms. The standard InChI is InChI=1S/C16H30N2O/c1-12(2)18-16(5,11-17)10-14(4)19-15-8-6-7-13(3)9-15/h12-15,18H,6-10H2,1-5H3. The lowest BCUT2D eigenvalue weighted by molar-refractivity contribution is -0.0401. The van der Waals surface area contributed by atoms with Crippen molar-refractivity contribution >= 4 is 0 Å². The molecule has 1 fully saturated rings. The van der Waals surface area contributed by atoms with Gasteiger partial charge in [-0.1, -0.05) is 19.8 Å². The summed E-state index contributed by atoms with van der Waals surface area (Å²) in [5.41, 5.74) is -0.492. The molecule has 1 aliphatic rings. The molecule has 0 spiro atoms. The van der Waals surface area contributed by atoms with Crippen molar-refractivity contribution in [2.45, 2.75) is 90.5 Å². The highest BCUT2D eigenvalue weighted by Gasteiger charge is 2.29. The van der Waals surface area contributed by atoms with E-state index in [0.717, 1.165) is 12.3 Å². The van der Waals surface area contributed by atoms with Gasteiger partial charge < -0.3 is 4.74 Å². The average Bonchev–Trinajstić information content (AvgIpc) is 2.27. The maximum atomic E-state index is 9.36. The van der Waals surface area contributed by atoms with Crippen molar-refractivity contribution in [2.75, 3.05) is 0 Å². The Morgan fingerprint density at radius 3 is 2.58 bits per heavy atom. The summed E-state index contributed by atoms with van der Waals surface area (Å²) in [5, 5.41) is 12.7. The molecule has 1 saturated carbocycles. The third kappa shape index (κ3) is 5.93. The van der Waals surface area contributed by atoms with E-state index in [-0.39, 0.29) is 6.10 Å². The molecular formula is C16H30N2O. The minimum absolute atomic E-state index is 0.131. The summed E-state index contributed by atoms with van der Waals surface area (Å²) in [6, 6.07) is 2.71. The molecule has 0 aliphatic heterocycles. The van der Waals surface area contributed by atoms with Gasteiger partial charge in [0.2, 0.25) is 0 Å². The molecule has 1 rings (SSSR count). The van der Waals surface area contributed by atoms with Crippen LogP contribution in [0.5, 0.6) is 0 Å². The Kier molecular flexibility index (Phi) is 6.29. The minimum Gasteiger partial charge on any atom is -0.375 e. The van der Waals surface area contributed by atoms with E-state index in [4.69, 9.17) is 4.74 Å². The number of nitriles is 1. The molecule has 1 N–H and O–H groups in total. The maximum Gasteiger partial charge on any atom is 0.106 e. The van der Waals surface area contributed by atoms with Crippen LogP contribution in [0.3, 0.4) is 0 Å². The lowest BCUT2D eigenvalue weighted by atomic mass is 9.88. The monoisotopic (exact) mass is 266 g/mol. The molecule has 110 valence electrons. The second kappa shape index (κ2) is 7.26. The van der Waals surface area contributed by atoms with Gasteiger partial charge in [0.25, 0.3) is 0 Å².